The van der Waals surface area contributed by atoms with Crippen LogP contribution in [0.3, 0.4) is 0 Å². The molecule has 4 N–H and O–H groups in total. The first kappa shape index (κ1) is 19.0. The van der Waals surface area contributed by atoms with E-state index in [1.54, 1.807) is 0 Å². The van der Waals surface area contributed by atoms with E-state index in [4.69, 9.17) is 5.73 Å². The van der Waals surface area contributed by atoms with Gasteiger partial charge in [0.15, 0.2) is 5.82 Å². The molecule has 29 heavy (non-hydrogen) atoms. The number of hydrogen-bond acceptors (Lipinski definition) is 7. The molecule has 1 aliphatic heterocycles. The molecule has 152 valence electrons. The molecule has 9 nitrogen and oxygen atoms in total. The van der Waals surface area contributed by atoms with Crippen molar-refractivity contribution in [1.29, 1.82) is 0 Å². The van der Waals surface area contributed by atoms with E-state index in [0.717, 1.165) is 24.2 Å². The van der Waals surface area contributed by atoms with E-state index in [-0.39, 0.29) is 41.9 Å². The zero-order valence-corrected chi connectivity index (χ0v) is 16.0. The van der Waals surface area contributed by atoms with Gasteiger partial charge in [-0.25, -0.2) is 9.18 Å². The van der Waals surface area contributed by atoms with Crippen molar-refractivity contribution in [2.24, 2.45) is 5.92 Å². The number of aromatic nitrogens is 3. The quantitative estimate of drug-likeness (QED) is 0.674. The van der Waals surface area contributed by atoms with Gasteiger partial charge in [0, 0.05) is 5.69 Å². The van der Waals surface area contributed by atoms with Crippen LogP contribution in [0.5, 0.6) is 0 Å². The summed E-state index contributed by atoms with van der Waals surface area (Å²) in [5.41, 5.74) is 5.49. The normalized spacial score (nSPS) is 24.1. The third-order valence-corrected chi connectivity index (χ3v) is 5.60. The van der Waals surface area contributed by atoms with Crippen LogP contribution in [0.25, 0.3) is 0 Å². The molecule has 4 rings (SSSR count). The summed E-state index contributed by atoms with van der Waals surface area (Å²) >= 11 is 0. The number of nitrogen functional groups attached to an aromatic ring is 1. The minimum Gasteiger partial charge on any atom is -0.368 e. The maximum atomic E-state index is 13.1. The van der Waals surface area contributed by atoms with Crippen LogP contribution in [0, 0.1) is 11.7 Å². The van der Waals surface area contributed by atoms with Crippen molar-refractivity contribution in [3.8, 4) is 0 Å². The maximum Gasteiger partial charge on any atom is 0.325 e. The molecule has 1 aromatic heterocycles. The van der Waals surface area contributed by atoms with Crippen LogP contribution in [-0.2, 0) is 11.3 Å². The molecular formula is C19H22FN7O2. The number of halogens is 1. The van der Waals surface area contributed by atoms with Crippen molar-refractivity contribution >= 4 is 29.5 Å². The second kappa shape index (κ2) is 7.26. The topological polar surface area (TPSA) is 126 Å². The number of rotatable bonds is 4. The monoisotopic (exact) mass is 399 g/mol. The Morgan fingerprint density at radius 3 is 2.72 bits per heavy atom. The summed E-state index contributed by atoms with van der Waals surface area (Å²) in [6.45, 7) is 1.89. The Bertz CT molecular complexity index is 952. The Hall–Kier alpha value is -3.30. The summed E-state index contributed by atoms with van der Waals surface area (Å²) < 4.78 is 13.1. The van der Waals surface area contributed by atoms with E-state index in [0.29, 0.717) is 12.1 Å². The van der Waals surface area contributed by atoms with Gasteiger partial charge in [-0.1, -0.05) is 19.8 Å². The molecule has 2 atom stereocenters. The van der Waals surface area contributed by atoms with E-state index in [2.05, 4.69) is 25.6 Å². The zero-order chi connectivity index (χ0) is 20.6. The Balaban J connectivity index is 1.54. The predicted octanol–water partition coefficient (Wildman–Crippen LogP) is 2.34. The number of benzene rings is 1. The van der Waals surface area contributed by atoms with Gasteiger partial charge in [-0.15, -0.1) is 0 Å². The number of nitrogens with two attached hydrogens (primary N) is 1. The second-order valence-electron chi connectivity index (χ2n) is 7.50. The van der Waals surface area contributed by atoms with Crippen molar-refractivity contribution in [2.75, 3.05) is 11.1 Å². The number of amides is 3. The van der Waals surface area contributed by atoms with Crippen LogP contribution in [-0.4, -0.2) is 37.3 Å². The van der Waals surface area contributed by atoms with Crippen molar-refractivity contribution < 1.29 is 14.0 Å². The zero-order valence-electron chi connectivity index (χ0n) is 16.0. The fourth-order valence-electron chi connectivity index (χ4n) is 4.01. The van der Waals surface area contributed by atoms with E-state index < -0.39 is 11.6 Å². The lowest BCUT2D eigenvalue weighted by molar-refractivity contribution is -0.134. The standard InChI is InChI=1S/C19H22FN7O2/c1-11-4-2-3-9-19(11)15(28)27(18(29)26-19)10-14-23-16(21)25-17(24-14)22-13-7-5-12(20)6-8-13/h5-8,11H,2-4,9-10H2,1H3,(H,26,29)(H3,21,22,23,24,25)/t11-,19+/m0/s1. The third-order valence-electron chi connectivity index (χ3n) is 5.60. The van der Waals surface area contributed by atoms with Crippen molar-refractivity contribution in [2.45, 2.75) is 44.7 Å². The molecule has 2 aliphatic rings. The highest BCUT2D eigenvalue weighted by Gasteiger charge is 2.54. The smallest absolute Gasteiger partial charge is 0.325 e. The van der Waals surface area contributed by atoms with Crippen LogP contribution in [0.15, 0.2) is 24.3 Å². The fourth-order valence-corrected chi connectivity index (χ4v) is 4.01. The number of nitrogens with zero attached hydrogens (tertiary/aromatic N) is 4. The largest absolute Gasteiger partial charge is 0.368 e. The number of hydrogen-bond donors (Lipinski definition) is 3. The number of anilines is 3. The van der Waals surface area contributed by atoms with Gasteiger partial charge < -0.3 is 16.4 Å². The minimum atomic E-state index is -0.844. The number of carbonyl (C=O) groups excluding carboxylic acids is 2. The summed E-state index contributed by atoms with van der Waals surface area (Å²) in [6.07, 6.45) is 3.47. The average molecular weight is 399 g/mol. The van der Waals surface area contributed by atoms with Crippen molar-refractivity contribution in [3.05, 3.63) is 35.9 Å². The van der Waals surface area contributed by atoms with E-state index >= 15 is 0 Å². The number of imide groups is 1. The molecule has 10 heteroatoms. The molecule has 2 fully saturated rings. The number of carbonyl (C=O) groups is 2. The molecule has 0 unspecified atom stereocenters. The highest BCUT2D eigenvalue weighted by Crippen LogP contribution is 2.38. The first-order valence-corrected chi connectivity index (χ1v) is 9.54. The average Bonchev–Trinajstić information content (AvgIpc) is 2.91. The van der Waals surface area contributed by atoms with Gasteiger partial charge in [-0.05, 0) is 43.0 Å². The summed E-state index contributed by atoms with van der Waals surface area (Å²) in [4.78, 5) is 39.1. The molecule has 3 amide bonds. The van der Waals surface area contributed by atoms with Crippen LogP contribution < -0.4 is 16.4 Å². The van der Waals surface area contributed by atoms with E-state index in [1.807, 2.05) is 6.92 Å². The first-order chi connectivity index (χ1) is 13.9. The van der Waals surface area contributed by atoms with Gasteiger partial charge in [-0.2, -0.15) is 15.0 Å². The van der Waals surface area contributed by atoms with Crippen LogP contribution in [0.4, 0.5) is 26.8 Å². The molecular weight excluding hydrogens is 377 g/mol. The maximum absolute atomic E-state index is 13.1. The first-order valence-electron chi connectivity index (χ1n) is 9.54. The molecule has 0 bridgehead atoms. The molecule has 1 saturated carbocycles. The summed E-state index contributed by atoms with van der Waals surface area (Å²) in [6, 6.07) is 5.20. The van der Waals surface area contributed by atoms with E-state index in [9.17, 15) is 14.0 Å². The SMILES string of the molecule is C[C@H]1CCCC[C@@]12NC(=O)N(Cc1nc(N)nc(Nc3ccc(F)cc3)n1)C2=O. The second-order valence-corrected chi connectivity index (χ2v) is 7.50. The summed E-state index contributed by atoms with van der Waals surface area (Å²) in [7, 11) is 0. The number of urea groups is 1. The highest BCUT2D eigenvalue weighted by atomic mass is 19.1. The van der Waals surface area contributed by atoms with Crippen LogP contribution >= 0.6 is 0 Å². The summed E-state index contributed by atoms with van der Waals surface area (Å²) in [5, 5.41) is 5.81. The van der Waals surface area contributed by atoms with Gasteiger partial charge in [0.1, 0.15) is 11.4 Å². The van der Waals surface area contributed by atoms with Gasteiger partial charge in [0.2, 0.25) is 11.9 Å². The summed E-state index contributed by atoms with van der Waals surface area (Å²) in [5.74, 6) is -0.264. The predicted molar refractivity (Wildman–Crippen MR) is 103 cm³/mol. The molecule has 2 heterocycles. The molecule has 0 radical (unpaired) electrons. The molecule has 1 aromatic carbocycles. The lowest BCUT2D eigenvalue weighted by atomic mass is 9.73. The van der Waals surface area contributed by atoms with E-state index in [1.165, 1.54) is 24.3 Å². The van der Waals surface area contributed by atoms with Gasteiger partial charge in [-0.3, -0.25) is 9.69 Å². The lowest BCUT2D eigenvalue weighted by Gasteiger charge is -2.36. The Morgan fingerprint density at radius 2 is 2.00 bits per heavy atom. The van der Waals surface area contributed by atoms with Crippen molar-refractivity contribution in [3.63, 3.8) is 0 Å². The lowest BCUT2D eigenvalue weighted by Crippen LogP contribution is -2.53. The van der Waals surface area contributed by atoms with Gasteiger partial charge >= 0.3 is 6.03 Å². The highest BCUT2D eigenvalue weighted by molar-refractivity contribution is 6.07. The molecule has 1 saturated heterocycles. The Labute approximate surface area is 166 Å². The molecule has 2 aromatic rings. The van der Waals surface area contributed by atoms with Gasteiger partial charge in [0.05, 0.1) is 6.54 Å². The number of nitrogens with one attached hydrogen (secondary N) is 2. The van der Waals surface area contributed by atoms with Crippen LogP contribution in [0.2, 0.25) is 0 Å². The molecule has 1 aliphatic carbocycles. The fraction of sp³-hybridized carbons (Fsp3) is 0.421. The third kappa shape index (κ3) is 3.57. The Kier molecular flexibility index (Phi) is 4.77. The minimum absolute atomic E-state index is 0.0487. The van der Waals surface area contributed by atoms with Crippen molar-refractivity contribution in [1.82, 2.24) is 25.2 Å². The Morgan fingerprint density at radius 1 is 1.24 bits per heavy atom. The molecule has 1 spiro atoms. The van der Waals surface area contributed by atoms with Gasteiger partial charge in [0.25, 0.3) is 5.91 Å². The van der Waals surface area contributed by atoms with Crippen LogP contribution in [0.1, 0.15) is 38.4 Å².